The first-order valence-corrected chi connectivity index (χ1v) is 13.2. The number of hydrogen-bond donors (Lipinski definition) is 3. The smallest absolute Gasteiger partial charge is 0.323 e. The number of halogens is 1. The molecule has 0 spiro atoms. The molecule has 3 unspecified atom stereocenters. The standard InChI is InChI=1S/C25H30ClN3O6S/c1-15-10-16(2)12-18(11-15)13-20(30)21(22(27)31)25(36(28,34)35,14-17-4-6-19(26)7-5-17)29-9-8-24(29,3)23(32)33/h4-7,10-12,21H,8-9,13-14H2,1-3H3,(H2,27,31)(H,32,33)(H2,28,34,35). The van der Waals surface area contributed by atoms with Crippen LogP contribution in [-0.2, 0) is 37.2 Å². The fourth-order valence-corrected chi connectivity index (χ4v) is 6.83. The van der Waals surface area contributed by atoms with Crippen molar-refractivity contribution in [3.63, 3.8) is 0 Å². The van der Waals surface area contributed by atoms with Crippen LogP contribution in [0.15, 0.2) is 42.5 Å². The highest BCUT2D eigenvalue weighted by molar-refractivity contribution is 7.90. The van der Waals surface area contributed by atoms with Crippen molar-refractivity contribution >= 4 is 39.3 Å². The minimum atomic E-state index is -4.79. The average molecular weight is 536 g/mol. The molecule has 0 bridgehead atoms. The van der Waals surface area contributed by atoms with Crippen LogP contribution in [0.25, 0.3) is 0 Å². The molecule has 1 saturated heterocycles. The Hall–Kier alpha value is -2.79. The van der Waals surface area contributed by atoms with Crippen molar-refractivity contribution in [2.75, 3.05) is 6.54 Å². The van der Waals surface area contributed by atoms with Gasteiger partial charge in [0.1, 0.15) is 11.5 Å². The fourth-order valence-electron chi connectivity index (χ4n) is 5.16. The summed E-state index contributed by atoms with van der Waals surface area (Å²) in [6, 6.07) is 11.5. The number of benzene rings is 2. The summed E-state index contributed by atoms with van der Waals surface area (Å²) in [7, 11) is -4.79. The van der Waals surface area contributed by atoms with Crippen LogP contribution in [0.3, 0.4) is 0 Å². The molecule has 194 valence electrons. The number of sulfonamides is 1. The molecule has 1 amide bonds. The fraction of sp³-hybridized carbons (Fsp3) is 0.400. The van der Waals surface area contributed by atoms with Gasteiger partial charge in [-0.15, -0.1) is 0 Å². The zero-order valence-electron chi connectivity index (χ0n) is 20.3. The summed E-state index contributed by atoms with van der Waals surface area (Å²) in [6.07, 6.45) is -0.638. The van der Waals surface area contributed by atoms with Crippen molar-refractivity contribution in [2.45, 2.75) is 50.4 Å². The molecular weight excluding hydrogens is 506 g/mol. The zero-order chi connectivity index (χ0) is 27.1. The molecule has 1 aliphatic heterocycles. The largest absolute Gasteiger partial charge is 0.480 e. The van der Waals surface area contributed by atoms with E-state index in [-0.39, 0.29) is 19.4 Å². The van der Waals surface area contributed by atoms with Crippen LogP contribution in [0.2, 0.25) is 5.02 Å². The van der Waals surface area contributed by atoms with E-state index < -0.39 is 50.4 Å². The van der Waals surface area contributed by atoms with E-state index in [2.05, 4.69) is 0 Å². The van der Waals surface area contributed by atoms with Crippen LogP contribution in [0.4, 0.5) is 0 Å². The summed E-state index contributed by atoms with van der Waals surface area (Å²) in [6.45, 7) is 5.01. The van der Waals surface area contributed by atoms with Gasteiger partial charge >= 0.3 is 5.97 Å². The number of Topliss-reactive ketones (excluding diaryl/α,β-unsaturated/α-hetero) is 1. The molecule has 9 nitrogen and oxygen atoms in total. The van der Waals surface area contributed by atoms with E-state index >= 15 is 0 Å². The van der Waals surface area contributed by atoms with E-state index in [4.69, 9.17) is 22.5 Å². The molecule has 1 aliphatic rings. The topological polar surface area (TPSA) is 161 Å². The number of rotatable bonds is 10. The normalized spacial score (nSPS) is 20.7. The number of carbonyl (C=O) groups excluding carboxylic acids is 2. The lowest BCUT2D eigenvalue weighted by Gasteiger charge is -2.57. The van der Waals surface area contributed by atoms with Gasteiger partial charge in [-0.3, -0.25) is 19.3 Å². The number of primary sulfonamides is 1. The summed E-state index contributed by atoms with van der Waals surface area (Å²) in [4.78, 5) is 37.5. The number of nitrogens with zero attached hydrogens (tertiary/aromatic N) is 1. The van der Waals surface area contributed by atoms with E-state index in [1.54, 1.807) is 12.1 Å². The van der Waals surface area contributed by atoms with Crippen molar-refractivity contribution in [3.05, 3.63) is 69.7 Å². The Morgan fingerprint density at radius 3 is 2.08 bits per heavy atom. The molecule has 1 heterocycles. The minimum absolute atomic E-state index is 0.0204. The van der Waals surface area contributed by atoms with Crippen LogP contribution in [0.5, 0.6) is 0 Å². The third-order valence-electron chi connectivity index (χ3n) is 6.92. The number of amides is 1. The highest BCUT2D eigenvalue weighted by Gasteiger charge is 2.66. The van der Waals surface area contributed by atoms with E-state index in [1.807, 2.05) is 19.9 Å². The predicted octanol–water partition coefficient (Wildman–Crippen LogP) is 1.95. The van der Waals surface area contributed by atoms with Gasteiger partial charge in [0.25, 0.3) is 0 Å². The molecule has 2 aromatic rings. The third kappa shape index (κ3) is 5.04. The lowest BCUT2D eigenvalue weighted by atomic mass is 9.77. The quantitative estimate of drug-likeness (QED) is 0.392. The number of aryl methyl sites for hydroxylation is 2. The summed E-state index contributed by atoms with van der Waals surface area (Å²) in [5, 5.41) is 16.1. The van der Waals surface area contributed by atoms with Gasteiger partial charge in [0.05, 0.1) is 0 Å². The Labute approximate surface area is 215 Å². The maximum Gasteiger partial charge on any atom is 0.323 e. The van der Waals surface area contributed by atoms with Crippen molar-refractivity contribution in [1.82, 2.24) is 4.90 Å². The van der Waals surface area contributed by atoms with Crippen LogP contribution in [-0.4, -0.2) is 53.0 Å². The Bertz CT molecular complexity index is 1290. The summed E-state index contributed by atoms with van der Waals surface area (Å²) < 4.78 is 26.9. The van der Waals surface area contributed by atoms with Crippen molar-refractivity contribution in [1.29, 1.82) is 0 Å². The second-order valence-electron chi connectivity index (χ2n) is 9.65. The second-order valence-corrected chi connectivity index (χ2v) is 11.9. The van der Waals surface area contributed by atoms with E-state index in [9.17, 15) is 27.9 Å². The molecule has 0 aromatic heterocycles. The molecular formula is C25H30ClN3O6S. The Morgan fingerprint density at radius 1 is 1.11 bits per heavy atom. The van der Waals surface area contributed by atoms with Crippen LogP contribution >= 0.6 is 11.6 Å². The first-order valence-electron chi connectivity index (χ1n) is 11.3. The Balaban J connectivity index is 2.24. The number of primary amides is 1. The maximum absolute atomic E-state index is 13.7. The maximum atomic E-state index is 13.7. The minimum Gasteiger partial charge on any atom is -0.480 e. The van der Waals surface area contributed by atoms with Gasteiger partial charge in [-0.2, -0.15) is 0 Å². The highest BCUT2D eigenvalue weighted by atomic mass is 35.5. The molecule has 0 aliphatic carbocycles. The Morgan fingerprint density at radius 2 is 1.67 bits per heavy atom. The first kappa shape index (κ1) is 27.8. The second kappa shape index (κ2) is 9.93. The summed E-state index contributed by atoms with van der Waals surface area (Å²) in [5.74, 6) is -5.21. The molecule has 3 atom stereocenters. The molecule has 0 radical (unpaired) electrons. The van der Waals surface area contributed by atoms with Gasteiger partial charge in [0.15, 0.2) is 10.7 Å². The number of ketones is 1. The molecule has 0 saturated carbocycles. The predicted molar refractivity (Wildman–Crippen MR) is 136 cm³/mol. The van der Waals surface area contributed by atoms with E-state index in [0.29, 0.717) is 16.1 Å². The van der Waals surface area contributed by atoms with Gasteiger partial charge in [-0.25, -0.2) is 13.6 Å². The molecule has 36 heavy (non-hydrogen) atoms. The Kier molecular flexibility index (Phi) is 7.67. The number of aliphatic carboxylic acids is 1. The summed E-state index contributed by atoms with van der Waals surface area (Å²) >= 11 is 5.98. The van der Waals surface area contributed by atoms with Crippen LogP contribution in [0, 0.1) is 19.8 Å². The lowest BCUT2D eigenvalue weighted by molar-refractivity contribution is -0.171. The zero-order valence-corrected chi connectivity index (χ0v) is 21.9. The SMILES string of the molecule is Cc1cc(C)cc(CC(=O)C(C(N)=O)C(Cc2ccc(Cl)cc2)(N2CCC2(C)C(=O)O)S(N)(=O)=O)c1. The van der Waals surface area contributed by atoms with E-state index in [1.165, 1.54) is 31.2 Å². The van der Waals surface area contributed by atoms with Gasteiger partial charge in [0.2, 0.25) is 15.9 Å². The first-order chi connectivity index (χ1) is 16.6. The molecule has 2 aromatic carbocycles. The lowest BCUT2D eigenvalue weighted by Crippen LogP contribution is -2.78. The molecule has 5 N–H and O–H groups in total. The van der Waals surface area contributed by atoms with Crippen molar-refractivity contribution in [2.24, 2.45) is 16.8 Å². The number of carboxylic acid groups (broad SMARTS) is 1. The van der Waals surface area contributed by atoms with E-state index in [0.717, 1.165) is 16.0 Å². The van der Waals surface area contributed by atoms with Gasteiger partial charge in [0, 0.05) is 24.4 Å². The highest BCUT2D eigenvalue weighted by Crippen LogP contribution is 2.46. The number of carboxylic acids is 1. The average Bonchev–Trinajstić information content (AvgIpc) is 2.71. The van der Waals surface area contributed by atoms with Crippen LogP contribution < -0.4 is 10.9 Å². The monoisotopic (exact) mass is 535 g/mol. The van der Waals surface area contributed by atoms with Crippen molar-refractivity contribution < 1.29 is 27.9 Å². The molecule has 1 fully saturated rings. The molecule has 3 rings (SSSR count). The number of hydrogen-bond acceptors (Lipinski definition) is 6. The number of carbonyl (C=O) groups is 3. The van der Waals surface area contributed by atoms with Crippen molar-refractivity contribution in [3.8, 4) is 0 Å². The number of likely N-dealkylation sites (tertiary alicyclic amines) is 1. The van der Waals surface area contributed by atoms with Gasteiger partial charge < -0.3 is 10.8 Å². The molecule has 11 heteroatoms. The van der Waals surface area contributed by atoms with Crippen LogP contribution in [0.1, 0.15) is 35.6 Å². The van der Waals surface area contributed by atoms with Gasteiger partial charge in [-0.1, -0.05) is 53.1 Å². The summed E-state index contributed by atoms with van der Waals surface area (Å²) in [5.41, 5.74) is 6.76. The van der Waals surface area contributed by atoms with Gasteiger partial charge in [-0.05, 0) is 50.5 Å². The number of nitrogens with two attached hydrogens (primary N) is 2. The third-order valence-corrected chi connectivity index (χ3v) is 8.75.